The summed E-state index contributed by atoms with van der Waals surface area (Å²) in [6.45, 7) is 3.91. The summed E-state index contributed by atoms with van der Waals surface area (Å²) < 4.78 is 18.8. The van der Waals surface area contributed by atoms with Gasteiger partial charge in [0.25, 0.3) is 0 Å². The summed E-state index contributed by atoms with van der Waals surface area (Å²) in [4.78, 5) is 11.9. The Hall–Kier alpha value is -3.41. The van der Waals surface area contributed by atoms with Crippen LogP contribution in [0.1, 0.15) is 16.9 Å². The van der Waals surface area contributed by atoms with Crippen LogP contribution < -0.4 is 10.7 Å². The fourth-order valence-corrected chi connectivity index (χ4v) is 2.41. The van der Waals surface area contributed by atoms with Crippen molar-refractivity contribution >= 4 is 17.9 Å². The van der Waals surface area contributed by atoms with Crippen LogP contribution in [0.25, 0.3) is 11.3 Å². The smallest absolute Gasteiger partial charge is 0.339 e. The Bertz CT molecular complexity index is 963. The molecule has 0 aliphatic heterocycles. The zero-order valence-electron chi connectivity index (χ0n) is 14.4. The zero-order chi connectivity index (χ0) is 18.5. The number of hydrogen-bond donors (Lipinski definition) is 2. The van der Waals surface area contributed by atoms with Crippen molar-refractivity contribution in [3.63, 3.8) is 0 Å². The van der Waals surface area contributed by atoms with Gasteiger partial charge in [0.1, 0.15) is 17.3 Å². The summed E-state index contributed by atoms with van der Waals surface area (Å²) in [5.74, 6) is 0.626. The van der Waals surface area contributed by atoms with Crippen LogP contribution in [0.4, 0.5) is 14.9 Å². The van der Waals surface area contributed by atoms with Crippen LogP contribution in [0.3, 0.4) is 0 Å². The van der Waals surface area contributed by atoms with Crippen molar-refractivity contribution in [2.45, 2.75) is 13.8 Å². The van der Waals surface area contributed by atoms with Crippen molar-refractivity contribution < 1.29 is 13.6 Å². The molecular weight excluding hydrogens is 333 g/mol. The molecule has 0 fully saturated rings. The molecule has 5 nitrogen and oxygen atoms in total. The van der Waals surface area contributed by atoms with Crippen LogP contribution >= 0.6 is 0 Å². The van der Waals surface area contributed by atoms with Crippen molar-refractivity contribution in [3.8, 4) is 11.3 Å². The second-order valence-corrected chi connectivity index (χ2v) is 5.78. The minimum absolute atomic E-state index is 0.334. The molecule has 1 heterocycles. The number of furan rings is 1. The molecule has 2 N–H and O–H groups in total. The first-order chi connectivity index (χ1) is 12.5. The van der Waals surface area contributed by atoms with Gasteiger partial charge in [0.15, 0.2) is 0 Å². The van der Waals surface area contributed by atoms with Gasteiger partial charge in [0.05, 0.1) is 6.21 Å². The van der Waals surface area contributed by atoms with Gasteiger partial charge in [-0.1, -0.05) is 24.3 Å². The largest absolute Gasteiger partial charge is 0.455 e. The number of amides is 2. The number of halogens is 1. The molecule has 0 atom stereocenters. The van der Waals surface area contributed by atoms with E-state index in [1.807, 2.05) is 32.0 Å². The highest BCUT2D eigenvalue weighted by atomic mass is 19.1. The number of hydrogen-bond acceptors (Lipinski definition) is 3. The summed E-state index contributed by atoms with van der Waals surface area (Å²) in [6, 6.07) is 14.7. The van der Waals surface area contributed by atoms with Crippen LogP contribution in [0.2, 0.25) is 0 Å². The predicted octanol–water partition coefficient (Wildman–Crippen LogP) is 4.86. The Morgan fingerprint density at radius 1 is 1.12 bits per heavy atom. The Balaban J connectivity index is 1.60. The third kappa shape index (κ3) is 4.16. The fourth-order valence-electron chi connectivity index (χ4n) is 2.41. The molecule has 3 aromatic rings. The molecule has 0 aliphatic carbocycles. The van der Waals surface area contributed by atoms with E-state index in [4.69, 9.17) is 4.42 Å². The van der Waals surface area contributed by atoms with E-state index in [1.54, 1.807) is 24.3 Å². The van der Waals surface area contributed by atoms with Crippen molar-refractivity contribution in [2.75, 3.05) is 5.32 Å². The van der Waals surface area contributed by atoms with Crippen molar-refractivity contribution in [1.82, 2.24) is 5.43 Å². The molecule has 0 unspecified atom stereocenters. The molecule has 0 spiro atoms. The van der Waals surface area contributed by atoms with Gasteiger partial charge in [-0.3, -0.25) is 0 Å². The van der Waals surface area contributed by atoms with Gasteiger partial charge in [-0.25, -0.2) is 14.6 Å². The standard InChI is InChI=1S/C20H18FN3O2/c1-13-5-3-8-18(14(13)2)23-20(25)24-22-12-17-9-10-19(26-17)15-6-4-7-16(21)11-15/h3-12H,1-2H3,(H2,23,24,25)/b22-12+. The van der Waals surface area contributed by atoms with Crippen LogP contribution in [0.15, 0.2) is 64.1 Å². The Morgan fingerprint density at radius 3 is 2.73 bits per heavy atom. The lowest BCUT2D eigenvalue weighted by Crippen LogP contribution is -2.24. The highest BCUT2D eigenvalue weighted by Gasteiger charge is 2.06. The van der Waals surface area contributed by atoms with E-state index in [2.05, 4.69) is 15.8 Å². The predicted molar refractivity (Wildman–Crippen MR) is 99.8 cm³/mol. The third-order valence-electron chi connectivity index (χ3n) is 3.95. The quantitative estimate of drug-likeness (QED) is 0.521. The normalized spacial score (nSPS) is 10.9. The molecule has 0 radical (unpaired) electrons. The molecule has 2 aromatic carbocycles. The Kier molecular flexibility index (Phi) is 5.12. The first kappa shape index (κ1) is 17.4. The Labute approximate surface area is 150 Å². The summed E-state index contributed by atoms with van der Waals surface area (Å²) in [7, 11) is 0. The SMILES string of the molecule is Cc1cccc(NC(=O)N/N=C/c2ccc(-c3cccc(F)c3)o2)c1C. The van der Waals surface area contributed by atoms with Gasteiger partial charge in [-0.15, -0.1) is 0 Å². The number of urea groups is 1. The highest BCUT2D eigenvalue weighted by Crippen LogP contribution is 2.22. The molecule has 132 valence electrons. The number of benzene rings is 2. The van der Waals surface area contributed by atoms with Crippen molar-refractivity contribution in [3.05, 3.63) is 77.3 Å². The van der Waals surface area contributed by atoms with Gasteiger partial charge in [0, 0.05) is 11.3 Å². The Morgan fingerprint density at radius 2 is 1.92 bits per heavy atom. The fraction of sp³-hybridized carbons (Fsp3) is 0.100. The van der Waals surface area contributed by atoms with E-state index < -0.39 is 6.03 Å². The molecule has 3 rings (SSSR count). The van der Waals surface area contributed by atoms with E-state index in [-0.39, 0.29) is 5.82 Å². The monoisotopic (exact) mass is 351 g/mol. The first-order valence-corrected chi connectivity index (χ1v) is 8.05. The molecule has 1 aromatic heterocycles. The van der Waals surface area contributed by atoms with E-state index in [1.165, 1.54) is 18.3 Å². The lowest BCUT2D eigenvalue weighted by atomic mass is 10.1. The minimum Gasteiger partial charge on any atom is -0.455 e. The zero-order valence-corrected chi connectivity index (χ0v) is 14.4. The molecule has 2 amide bonds. The molecule has 0 saturated heterocycles. The maximum Gasteiger partial charge on any atom is 0.339 e. The average molecular weight is 351 g/mol. The topological polar surface area (TPSA) is 66.6 Å². The third-order valence-corrected chi connectivity index (χ3v) is 3.95. The number of nitrogens with zero attached hydrogens (tertiary/aromatic N) is 1. The number of hydrazone groups is 1. The van der Waals surface area contributed by atoms with E-state index >= 15 is 0 Å². The minimum atomic E-state index is -0.452. The van der Waals surface area contributed by atoms with E-state index in [0.717, 1.165) is 16.8 Å². The highest BCUT2D eigenvalue weighted by molar-refractivity contribution is 5.91. The number of aryl methyl sites for hydroxylation is 1. The maximum absolute atomic E-state index is 13.3. The van der Waals surface area contributed by atoms with Crippen molar-refractivity contribution in [1.29, 1.82) is 0 Å². The molecular formula is C20H18FN3O2. The van der Waals surface area contributed by atoms with Gasteiger partial charge in [-0.05, 0) is 55.3 Å². The lowest BCUT2D eigenvalue weighted by molar-refractivity contribution is 0.252. The maximum atomic E-state index is 13.3. The average Bonchev–Trinajstić information content (AvgIpc) is 3.08. The number of rotatable bonds is 4. The summed E-state index contributed by atoms with van der Waals surface area (Å²) in [6.07, 6.45) is 1.38. The van der Waals surface area contributed by atoms with E-state index in [0.29, 0.717) is 17.1 Å². The summed E-state index contributed by atoms with van der Waals surface area (Å²) in [5.41, 5.74) is 5.83. The first-order valence-electron chi connectivity index (χ1n) is 8.05. The summed E-state index contributed by atoms with van der Waals surface area (Å²) in [5, 5.41) is 6.60. The molecule has 0 bridgehead atoms. The van der Waals surface area contributed by atoms with Gasteiger partial charge >= 0.3 is 6.03 Å². The second-order valence-electron chi connectivity index (χ2n) is 5.78. The van der Waals surface area contributed by atoms with Crippen LogP contribution in [0, 0.1) is 19.7 Å². The second kappa shape index (κ2) is 7.65. The number of carbonyl (C=O) groups excluding carboxylic acids is 1. The summed E-state index contributed by atoms with van der Waals surface area (Å²) >= 11 is 0. The van der Waals surface area contributed by atoms with Gasteiger partial charge in [0.2, 0.25) is 0 Å². The lowest BCUT2D eigenvalue weighted by Gasteiger charge is -2.09. The number of nitrogens with one attached hydrogen (secondary N) is 2. The van der Waals surface area contributed by atoms with Gasteiger partial charge < -0.3 is 9.73 Å². The number of carbonyl (C=O) groups is 1. The molecule has 0 aliphatic rings. The van der Waals surface area contributed by atoms with Crippen LogP contribution in [0.5, 0.6) is 0 Å². The molecule has 0 saturated carbocycles. The molecule has 26 heavy (non-hydrogen) atoms. The van der Waals surface area contributed by atoms with Crippen molar-refractivity contribution in [2.24, 2.45) is 5.10 Å². The molecule has 6 heteroatoms. The van der Waals surface area contributed by atoms with Gasteiger partial charge in [-0.2, -0.15) is 5.10 Å². The number of anilines is 1. The van der Waals surface area contributed by atoms with Crippen LogP contribution in [-0.2, 0) is 0 Å². The van der Waals surface area contributed by atoms with E-state index in [9.17, 15) is 9.18 Å². The van der Waals surface area contributed by atoms with Crippen LogP contribution in [-0.4, -0.2) is 12.2 Å².